The molecule has 1 saturated heterocycles. The smallest absolute Gasteiger partial charge is 0.322 e. The highest BCUT2D eigenvalue weighted by Gasteiger charge is 2.33. The van der Waals surface area contributed by atoms with Crippen LogP contribution in [0.15, 0.2) is 18.3 Å². The first-order valence-electron chi connectivity index (χ1n) is 7.25. The predicted molar refractivity (Wildman–Crippen MR) is 83.7 cm³/mol. The van der Waals surface area contributed by atoms with Gasteiger partial charge in [0.2, 0.25) is 0 Å². The summed E-state index contributed by atoms with van der Waals surface area (Å²) in [7, 11) is 0. The molecule has 116 valence electrons. The molecule has 1 aromatic rings. The third kappa shape index (κ3) is 4.08. The van der Waals surface area contributed by atoms with Gasteiger partial charge in [-0.05, 0) is 45.7 Å². The Kier molecular flexibility index (Phi) is 5.06. The van der Waals surface area contributed by atoms with Crippen LogP contribution < -0.4 is 5.32 Å². The minimum absolute atomic E-state index is 0.143. The average molecular weight is 312 g/mol. The van der Waals surface area contributed by atoms with Crippen LogP contribution in [0.3, 0.4) is 0 Å². The first kappa shape index (κ1) is 16.0. The lowest BCUT2D eigenvalue weighted by Crippen LogP contribution is -2.49. The van der Waals surface area contributed by atoms with E-state index in [1.807, 2.05) is 11.8 Å². The number of carbonyl (C=O) groups is 1. The highest BCUT2D eigenvalue weighted by Crippen LogP contribution is 2.28. The molecule has 1 aliphatic rings. The van der Waals surface area contributed by atoms with Gasteiger partial charge < -0.3 is 15.0 Å². The van der Waals surface area contributed by atoms with E-state index in [4.69, 9.17) is 16.3 Å². The molecular formula is C15H22ClN3O2. The normalized spacial score (nSPS) is 20.9. The predicted octanol–water partition coefficient (Wildman–Crippen LogP) is 3.55. The number of ether oxygens (including phenoxy) is 1. The maximum absolute atomic E-state index is 12.5. The number of urea groups is 1. The van der Waals surface area contributed by atoms with Crippen LogP contribution in [0.5, 0.6) is 0 Å². The molecule has 0 saturated carbocycles. The molecule has 21 heavy (non-hydrogen) atoms. The fourth-order valence-electron chi connectivity index (χ4n) is 2.70. The molecule has 0 spiro atoms. The highest BCUT2D eigenvalue weighted by atomic mass is 35.5. The summed E-state index contributed by atoms with van der Waals surface area (Å²) in [5, 5.41) is 3.14. The van der Waals surface area contributed by atoms with Gasteiger partial charge in [-0.2, -0.15) is 0 Å². The Hall–Kier alpha value is -1.33. The highest BCUT2D eigenvalue weighted by molar-refractivity contribution is 6.32. The maximum Gasteiger partial charge on any atom is 0.322 e. The van der Waals surface area contributed by atoms with Crippen molar-refractivity contribution in [2.75, 3.05) is 18.5 Å². The van der Waals surface area contributed by atoms with Crippen molar-refractivity contribution in [3.8, 4) is 0 Å². The molecule has 1 unspecified atom stereocenters. The minimum Gasteiger partial charge on any atom is -0.375 e. The molecule has 1 fully saturated rings. The third-order valence-corrected chi connectivity index (χ3v) is 4.02. The lowest BCUT2D eigenvalue weighted by atomic mass is 9.93. The van der Waals surface area contributed by atoms with Crippen molar-refractivity contribution < 1.29 is 9.53 Å². The second-order valence-corrected chi connectivity index (χ2v) is 6.17. The van der Waals surface area contributed by atoms with Crippen molar-refractivity contribution >= 4 is 23.3 Å². The quantitative estimate of drug-likeness (QED) is 0.869. The third-order valence-electron chi connectivity index (χ3n) is 3.71. The first-order valence-corrected chi connectivity index (χ1v) is 7.63. The molecule has 0 radical (unpaired) electrons. The number of hydrogen-bond acceptors (Lipinski definition) is 3. The Labute approximate surface area is 130 Å². The summed E-state index contributed by atoms with van der Waals surface area (Å²) in [6.07, 6.45) is 3.27. The van der Waals surface area contributed by atoms with E-state index in [0.29, 0.717) is 24.0 Å². The molecule has 0 aliphatic carbocycles. The van der Waals surface area contributed by atoms with E-state index in [-0.39, 0.29) is 17.7 Å². The van der Waals surface area contributed by atoms with E-state index in [1.54, 1.807) is 18.3 Å². The van der Waals surface area contributed by atoms with Crippen LogP contribution in [0.1, 0.15) is 33.6 Å². The van der Waals surface area contributed by atoms with Crippen molar-refractivity contribution in [2.45, 2.75) is 45.3 Å². The van der Waals surface area contributed by atoms with Crippen LogP contribution in [0.25, 0.3) is 0 Å². The summed E-state index contributed by atoms with van der Waals surface area (Å²) in [4.78, 5) is 18.3. The molecule has 1 aliphatic heterocycles. The molecule has 0 aromatic carbocycles. The molecule has 5 nitrogen and oxygen atoms in total. The number of anilines is 1. The van der Waals surface area contributed by atoms with Crippen LogP contribution in [-0.2, 0) is 4.74 Å². The number of carbonyl (C=O) groups excluding carboxylic acids is 1. The second-order valence-electron chi connectivity index (χ2n) is 5.81. The van der Waals surface area contributed by atoms with Crippen molar-refractivity contribution in [2.24, 2.45) is 0 Å². The van der Waals surface area contributed by atoms with Gasteiger partial charge in [0.05, 0.1) is 11.3 Å². The Bertz CT molecular complexity index is 507. The lowest BCUT2D eigenvalue weighted by Gasteiger charge is -2.40. The average Bonchev–Trinajstić information content (AvgIpc) is 2.41. The molecule has 6 heteroatoms. The number of aromatic nitrogens is 1. The topological polar surface area (TPSA) is 54.5 Å². The van der Waals surface area contributed by atoms with Gasteiger partial charge in [0.15, 0.2) is 5.15 Å². The van der Waals surface area contributed by atoms with Crippen LogP contribution in [-0.4, -0.2) is 40.7 Å². The summed E-state index contributed by atoms with van der Waals surface area (Å²) in [6.45, 7) is 7.41. The number of pyridine rings is 1. The maximum atomic E-state index is 12.5. The Balaban J connectivity index is 2.07. The van der Waals surface area contributed by atoms with Crippen LogP contribution in [0.2, 0.25) is 5.15 Å². The second kappa shape index (κ2) is 6.62. The zero-order valence-electron chi connectivity index (χ0n) is 12.7. The molecule has 1 N–H and O–H groups in total. The van der Waals surface area contributed by atoms with Gasteiger partial charge in [-0.3, -0.25) is 0 Å². The summed E-state index contributed by atoms with van der Waals surface area (Å²) >= 11 is 5.98. The summed E-state index contributed by atoms with van der Waals surface area (Å²) < 4.78 is 5.72. The van der Waals surface area contributed by atoms with E-state index in [2.05, 4.69) is 24.1 Å². The fraction of sp³-hybridized carbons (Fsp3) is 0.600. The van der Waals surface area contributed by atoms with E-state index >= 15 is 0 Å². The molecule has 2 heterocycles. The first-order chi connectivity index (χ1) is 9.93. The van der Waals surface area contributed by atoms with Crippen LogP contribution in [0, 0.1) is 0 Å². The SMILES string of the molecule is CCN(C(=O)Nc1cccnc1Cl)C1CCOC(C)(C)C1. The van der Waals surface area contributed by atoms with Gasteiger partial charge >= 0.3 is 6.03 Å². The van der Waals surface area contributed by atoms with Crippen molar-refractivity contribution in [1.29, 1.82) is 0 Å². The van der Waals surface area contributed by atoms with Crippen molar-refractivity contribution in [3.63, 3.8) is 0 Å². The van der Waals surface area contributed by atoms with Crippen LogP contribution in [0.4, 0.5) is 10.5 Å². The minimum atomic E-state index is -0.192. The van der Waals surface area contributed by atoms with E-state index in [9.17, 15) is 4.79 Å². The van der Waals surface area contributed by atoms with Gasteiger partial charge in [-0.15, -0.1) is 0 Å². The number of amides is 2. The van der Waals surface area contributed by atoms with Crippen LogP contribution >= 0.6 is 11.6 Å². The monoisotopic (exact) mass is 311 g/mol. The van der Waals surface area contributed by atoms with Gasteiger partial charge in [0.25, 0.3) is 0 Å². The van der Waals surface area contributed by atoms with Crippen molar-refractivity contribution in [1.82, 2.24) is 9.88 Å². The molecule has 2 rings (SSSR count). The molecular weight excluding hydrogens is 290 g/mol. The Morgan fingerprint density at radius 2 is 2.38 bits per heavy atom. The molecule has 1 aromatic heterocycles. The van der Waals surface area contributed by atoms with Gasteiger partial charge in [0, 0.05) is 25.4 Å². The largest absolute Gasteiger partial charge is 0.375 e. The number of nitrogens with one attached hydrogen (secondary N) is 1. The van der Waals surface area contributed by atoms with Gasteiger partial charge in [-0.1, -0.05) is 11.6 Å². The molecule has 2 amide bonds. The standard InChI is InChI=1S/C15H22ClN3O2/c1-4-19(11-7-9-21-15(2,3)10-11)14(20)18-12-6-5-8-17-13(12)16/h5-6,8,11H,4,7,9-10H2,1-3H3,(H,18,20). The summed E-state index contributed by atoms with van der Waals surface area (Å²) in [5.41, 5.74) is 0.344. The Morgan fingerprint density at radius 1 is 1.62 bits per heavy atom. The Morgan fingerprint density at radius 3 is 3.00 bits per heavy atom. The van der Waals surface area contributed by atoms with E-state index in [1.165, 1.54) is 0 Å². The van der Waals surface area contributed by atoms with E-state index in [0.717, 1.165) is 12.8 Å². The number of nitrogens with zero attached hydrogens (tertiary/aromatic N) is 2. The number of halogens is 1. The zero-order chi connectivity index (χ0) is 15.5. The number of rotatable bonds is 3. The van der Waals surface area contributed by atoms with E-state index < -0.39 is 0 Å². The van der Waals surface area contributed by atoms with Gasteiger partial charge in [-0.25, -0.2) is 9.78 Å². The summed E-state index contributed by atoms with van der Waals surface area (Å²) in [6, 6.07) is 3.52. The van der Waals surface area contributed by atoms with Crippen molar-refractivity contribution in [3.05, 3.63) is 23.5 Å². The lowest BCUT2D eigenvalue weighted by molar-refractivity contribution is -0.0758. The molecule has 0 bridgehead atoms. The fourth-order valence-corrected chi connectivity index (χ4v) is 2.87. The van der Waals surface area contributed by atoms with Gasteiger partial charge in [0.1, 0.15) is 0 Å². The number of hydrogen-bond donors (Lipinski definition) is 1. The zero-order valence-corrected chi connectivity index (χ0v) is 13.5. The molecule has 1 atom stereocenters. The summed E-state index contributed by atoms with van der Waals surface area (Å²) in [5.74, 6) is 0.